The summed E-state index contributed by atoms with van der Waals surface area (Å²) in [5, 5.41) is 10.6. The number of hydrogen-bond acceptors (Lipinski definition) is 5. The molecule has 6 nitrogen and oxygen atoms in total. The van der Waals surface area contributed by atoms with Gasteiger partial charge in [-0.05, 0) is 12.1 Å². The smallest absolute Gasteiger partial charge is 0.324 e. The van der Waals surface area contributed by atoms with Crippen molar-refractivity contribution in [2.75, 3.05) is 20.7 Å². The maximum absolute atomic E-state index is 13.8. The SMILES string of the molecule is C[N+]1(C)C2CC(OC(=O)C3(CO)c4ccccc4Oc4ccccc43)CC1C1OC12. The summed E-state index contributed by atoms with van der Waals surface area (Å²) >= 11 is 0. The van der Waals surface area contributed by atoms with E-state index in [-0.39, 0.29) is 12.7 Å². The quantitative estimate of drug-likeness (QED) is 0.480. The lowest BCUT2D eigenvalue weighted by atomic mass is 9.73. The number of aliphatic hydroxyl groups excluding tert-OH is 1. The van der Waals surface area contributed by atoms with Crippen LogP contribution in [0.15, 0.2) is 48.5 Å². The Morgan fingerprint density at radius 3 is 2.10 bits per heavy atom. The Balaban J connectivity index is 1.36. The van der Waals surface area contributed by atoms with E-state index in [0.717, 1.165) is 17.3 Å². The van der Waals surface area contributed by atoms with Gasteiger partial charge in [0.15, 0.2) is 0 Å². The van der Waals surface area contributed by atoms with Crippen LogP contribution in [0.25, 0.3) is 0 Å². The standard InChI is InChI=1S/C24H26NO5/c1-25(2)17-11-14(12-18(25)22-21(17)30-22)28-23(27)24(13-26)15-7-3-5-9-19(15)29-20-10-6-4-8-16(20)24/h3-10,14,17-18,21-22,26H,11-13H2,1-2H3/q+1. The normalized spacial score (nSPS) is 33.5. The van der Waals surface area contributed by atoms with Gasteiger partial charge < -0.3 is 23.8 Å². The number of carbonyl (C=O) groups is 1. The third-order valence-electron chi connectivity index (χ3n) is 7.81. The van der Waals surface area contributed by atoms with Crippen molar-refractivity contribution in [1.82, 2.24) is 0 Å². The van der Waals surface area contributed by atoms with Crippen LogP contribution in [0.5, 0.6) is 11.5 Å². The molecule has 0 aliphatic carbocycles. The molecule has 4 heterocycles. The summed E-state index contributed by atoms with van der Waals surface area (Å²) in [6.45, 7) is -0.376. The zero-order valence-corrected chi connectivity index (χ0v) is 17.2. The van der Waals surface area contributed by atoms with Crippen LogP contribution in [0, 0.1) is 0 Å². The van der Waals surface area contributed by atoms with E-state index in [9.17, 15) is 9.90 Å². The summed E-state index contributed by atoms with van der Waals surface area (Å²) in [6, 6.07) is 15.5. The Hall–Kier alpha value is -2.41. The fourth-order valence-electron chi connectivity index (χ4n) is 6.09. The van der Waals surface area contributed by atoms with Gasteiger partial charge in [0, 0.05) is 24.0 Å². The number of fused-ring (bicyclic) bond motifs is 7. The van der Waals surface area contributed by atoms with E-state index >= 15 is 0 Å². The number of rotatable bonds is 3. The Kier molecular flexibility index (Phi) is 3.71. The summed E-state index contributed by atoms with van der Waals surface area (Å²) in [7, 11) is 4.51. The molecule has 3 saturated heterocycles. The molecule has 6 rings (SSSR count). The lowest BCUT2D eigenvalue weighted by Crippen LogP contribution is -2.60. The number of aliphatic hydroxyl groups is 1. The molecule has 4 aliphatic heterocycles. The molecule has 2 bridgehead atoms. The molecule has 0 spiro atoms. The van der Waals surface area contributed by atoms with Gasteiger partial charge >= 0.3 is 5.97 Å². The van der Waals surface area contributed by atoms with Crippen molar-refractivity contribution in [2.45, 2.75) is 48.7 Å². The molecule has 6 heteroatoms. The number of morpholine rings is 1. The fraction of sp³-hybridized carbons (Fsp3) is 0.458. The first kappa shape index (κ1) is 18.4. The molecule has 4 unspecified atom stereocenters. The average molecular weight is 408 g/mol. The molecule has 3 fully saturated rings. The van der Waals surface area contributed by atoms with Crippen LogP contribution in [-0.2, 0) is 19.7 Å². The van der Waals surface area contributed by atoms with E-state index in [1.165, 1.54) is 0 Å². The topological polar surface area (TPSA) is 68.3 Å². The highest BCUT2D eigenvalue weighted by Gasteiger charge is 2.71. The van der Waals surface area contributed by atoms with Crippen molar-refractivity contribution in [3.8, 4) is 11.5 Å². The van der Waals surface area contributed by atoms with E-state index in [1.807, 2.05) is 48.5 Å². The second-order valence-electron chi connectivity index (χ2n) is 9.49. The number of para-hydroxylation sites is 2. The van der Waals surface area contributed by atoms with Crippen molar-refractivity contribution in [3.05, 3.63) is 59.7 Å². The fourth-order valence-corrected chi connectivity index (χ4v) is 6.09. The van der Waals surface area contributed by atoms with Gasteiger partial charge in [0.05, 0.1) is 20.7 Å². The highest BCUT2D eigenvalue weighted by Crippen LogP contribution is 2.53. The second kappa shape index (κ2) is 6.06. The highest BCUT2D eigenvalue weighted by atomic mass is 16.6. The molecule has 4 aliphatic rings. The number of epoxide rings is 1. The lowest BCUT2D eigenvalue weighted by molar-refractivity contribution is -0.938. The first-order chi connectivity index (χ1) is 14.5. The maximum atomic E-state index is 13.8. The van der Waals surface area contributed by atoms with Crippen molar-refractivity contribution in [2.24, 2.45) is 0 Å². The van der Waals surface area contributed by atoms with Crippen LogP contribution in [-0.4, -0.2) is 66.7 Å². The molecule has 0 amide bonds. The third-order valence-corrected chi connectivity index (χ3v) is 7.81. The van der Waals surface area contributed by atoms with E-state index in [1.54, 1.807) is 0 Å². The Bertz CT molecular complexity index is 968. The van der Waals surface area contributed by atoms with Gasteiger partial charge in [-0.25, -0.2) is 0 Å². The molecule has 0 aromatic heterocycles. The van der Waals surface area contributed by atoms with Crippen LogP contribution in [0.4, 0.5) is 0 Å². The number of hydrogen-bond donors (Lipinski definition) is 1. The largest absolute Gasteiger partial charge is 0.461 e. The summed E-state index contributed by atoms with van der Waals surface area (Å²) in [5.74, 6) is 0.760. The van der Waals surface area contributed by atoms with Crippen LogP contribution in [0.1, 0.15) is 24.0 Å². The third kappa shape index (κ3) is 2.27. The number of likely N-dealkylation sites (N-methyl/N-ethyl adjacent to an activating group) is 1. The minimum absolute atomic E-state index is 0.166. The maximum Gasteiger partial charge on any atom is 0.324 e. The van der Waals surface area contributed by atoms with E-state index in [2.05, 4.69) is 14.1 Å². The summed E-state index contributed by atoms with van der Waals surface area (Å²) in [4.78, 5) is 13.8. The average Bonchev–Trinajstić information content (AvgIpc) is 3.50. The van der Waals surface area contributed by atoms with Crippen molar-refractivity contribution in [1.29, 1.82) is 0 Å². The Morgan fingerprint density at radius 2 is 1.57 bits per heavy atom. The molecule has 2 aromatic carbocycles. The first-order valence-corrected chi connectivity index (χ1v) is 10.6. The summed E-state index contributed by atoms with van der Waals surface area (Å²) in [6.07, 6.45) is 2.01. The number of carbonyl (C=O) groups excluding carboxylic acids is 1. The number of nitrogens with zero attached hydrogens (tertiary/aromatic N) is 1. The van der Waals surface area contributed by atoms with E-state index in [0.29, 0.717) is 46.9 Å². The minimum Gasteiger partial charge on any atom is -0.461 e. The number of benzene rings is 2. The van der Waals surface area contributed by atoms with Crippen LogP contribution in [0.3, 0.4) is 0 Å². The highest BCUT2D eigenvalue weighted by molar-refractivity contribution is 5.91. The molecule has 156 valence electrons. The Morgan fingerprint density at radius 1 is 1.03 bits per heavy atom. The zero-order chi connectivity index (χ0) is 20.7. The summed E-state index contributed by atoms with van der Waals surface area (Å²) in [5.41, 5.74) is 0.0145. The molecular formula is C24H26NO5+. The van der Waals surface area contributed by atoms with E-state index < -0.39 is 11.4 Å². The van der Waals surface area contributed by atoms with Gasteiger partial charge in [0.2, 0.25) is 0 Å². The van der Waals surface area contributed by atoms with Gasteiger partial charge in [-0.2, -0.15) is 0 Å². The number of quaternary nitrogens is 1. The Labute approximate surface area is 175 Å². The number of ether oxygens (including phenoxy) is 3. The van der Waals surface area contributed by atoms with Gasteiger partial charge in [0.1, 0.15) is 47.3 Å². The van der Waals surface area contributed by atoms with Crippen LogP contribution in [0.2, 0.25) is 0 Å². The van der Waals surface area contributed by atoms with Crippen LogP contribution < -0.4 is 4.74 Å². The molecular weight excluding hydrogens is 382 g/mol. The van der Waals surface area contributed by atoms with Crippen LogP contribution >= 0.6 is 0 Å². The van der Waals surface area contributed by atoms with Gasteiger partial charge in [-0.1, -0.05) is 36.4 Å². The zero-order valence-electron chi connectivity index (χ0n) is 17.2. The molecule has 2 aromatic rings. The van der Waals surface area contributed by atoms with Crippen molar-refractivity contribution < 1.29 is 28.6 Å². The van der Waals surface area contributed by atoms with E-state index in [4.69, 9.17) is 14.2 Å². The number of piperidine rings is 1. The summed E-state index contributed by atoms with van der Waals surface area (Å²) < 4.78 is 19.0. The molecule has 4 atom stereocenters. The van der Waals surface area contributed by atoms with Crippen molar-refractivity contribution in [3.63, 3.8) is 0 Å². The second-order valence-corrected chi connectivity index (χ2v) is 9.49. The first-order valence-electron chi connectivity index (χ1n) is 10.6. The van der Waals surface area contributed by atoms with Gasteiger partial charge in [0.25, 0.3) is 0 Å². The van der Waals surface area contributed by atoms with Gasteiger partial charge in [-0.3, -0.25) is 4.79 Å². The number of esters is 1. The molecule has 0 radical (unpaired) electrons. The molecule has 30 heavy (non-hydrogen) atoms. The lowest BCUT2D eigenvalue weighted by Gasteiger charge is -2.46. The predicted octanol–water partition coefficient (Wildman–Crippen LogP) is 2.37. The monoisotopic (exact) mass is 408 g/mol. The molecule has 1 N–H and O–H groups in total. The predicted molar refractivity (Wildman–Crippen MR) is 108 cm³/mol. The molecule has 0 saturated carbocycles. The van der Waals surface area contributed by atoms with Gasteiger partial charge in [-0.15, -0.1) is 0 Å². The minimum atomic E-state index is -1.29. The van der Waals surface area contributed by atoms with Crippen molar-refractivity contribution >= 4 is 5.97 Å².